The van der Waals surface area contributed by atoms with Crippen LogP contribution in [0.3, 0.4) is 0 Å². The quantitative estimate of drug-likeness (QED) is 0.253. The van der Waals surface area contributed by atoms with Crippen LogP contribution in [0.5, 0.6) is 11.5 Å². The van der Waals surface area contributed by atoms with Crippen LogP contribution in [0.4, 0.5) is 4.79 Å². The molecular weight excluding hydrogens is 590 g/mol. The molecule has 0 radical (unpaired) electrons. The van der Waals surface area contributed by atoms with Gasteiger partial charge in [0.2, 0.25) is 0 Å². The van der Waals surface area contributed by atoms with E-state index in [2.05, 4.69) is 24.4 Å². The summed E-state index contributed by atoms with van der Waals surface area (Å²) in [5, 5.41) is 14.2. The minimum Gasteiger partial charge on any atom is -0.490 e. The molecule has 236 valence electrons. The zero-order chi connectivity index (χ0) is 31.7. The van der Waals surface area contributed by atoms with E-state index >= 15 is 0 Å². The number of amides is 2. The molecule has 0 unspecified atom stereocenters. The second-order valence-electron chi connectivity index (χ2n) is 12.3. The maximum Gasteiger partial charge on any atom is 0.408 e. The SMILES string of the molecule is Cc1cc(Cl)c(OCCOc2ccc(C3=C(C(=O)N(Cc4ccccc4C)C4CC4)[C@H]4CNC[C@@H](C3)N4C(=O)O)cc2)cc1C. The summed E-state index contributed by atoms with van der Waals surface area (Å²) in [4.78, 5) is 30.5. The zero-order valence-electron chi connectivity index (χ0n) is 26.0. The van der Waals surface area contributed by atoms with E-state index < -0.39 is 12.1 Å². The maximum atomic E-state index is 14.5. The highest BCUT2D eigenvalue weighted by Gasteiger charge is 2.46. The smallest absolute Gasteiger partial charge is 0.408 e. The summed E-state index contributed by atoms with van der Waals surface area (Å²) in [7, 11) is 0. The number of aryl methyl sites for hydroxylation is 3. The normalized spacial score (nSPS) is 19.3. The fraction of sp³-hybridized carbons (Fsp3) is 0.389. The molecule has 45 heavy (non-hydrogen) atoms. The molecule has 3 aromatic carbocycles. The Morgan fingerprint density at radius 3 is 2.38 bits per heavy atom. The largest absolute Gasteiger partial charge is 0.490 e. The second-order valence-corrected chi connectivity index (χ2v) is 12.7. The van der Waals surface area contributed by atoms with Crippen LogP contribution in [-0.2, 0) is 11.3 Å². The third kappa shape index (κ3) is 6.67. The van der Waals surface area contributed by atoms with E-state index in [0.717, 1.165) is 46.2 Å². The Bertz CT molecular complexity index is 1620. The van der Waals surface area contributed by atoms with Crippen molar-refractivity contribution >= 4 is 29.2 Å². The molecule has 3 aromatic rings. The standard InChI is InChI=1S/C36H40ClN3O5/c1-22-6-4-5-7-26(22)21-39(27-10-11-27)35(41)34-30(18-28-19-38-20-32(34)40(28)36(42)43)25-8-12-29(13-9-25)44-14-15-45-33-17-24(3)23(2)16-31(33)37/h4-9,12-13,16-17,27-28,32,38H,10-11,14-15,18-21H2,1-3H3,(H,42,43)/t28-,32-/m1/s1. The van der Waals surface area contributed by atoms with Gasteiger partial charge >= 0.3 is 6.09 Å². The average Bonchev–Trinajstić information content (AvgIpc) is 3.86. The molecule has 2 bridgehead atoms. The number of nitrogens with one attached hydrogen (secondary N) is 1. The summed E-state index contributed by atoms with van der Waals surface area (Å²) in [5.41, 5.74) is 6.88. The van der Waals surface area contributed by atoms with Gasteiger partial charge < -0.3 is 24.8 Å². The zero-order valence-corrected chi connectivity index (χ0v) is 26.8. The summed E-state index contributed by atoms with van der Waals surface area (Å²) in [6, 6.07) is 19.1. The van der Waals surface area contributed by atoms with Crippen molar-refractivity contribution in [2.24, 2.45) is 0 Å². The first-order valence-electron chi connectivity index (χ1n) is 15.6. The first-order valence-corrected chi connectivity index (χ1v) is 16.0. The molecule has 2 aliphatic heterocycles. The van der Waals surface area contributed by atoms with Gasteiger partial charge in [-0.05, 0) is 97.7 Å². The molecule has 1 saturated heterocycles. The predicted molar refractivity (Wildman–Crippen MR) is 175 cm³/mol. The van der Waals surface area contributed by atoms with Gasteiger partial charge in [-0.3, -0.25) is 9.69 Å². The number of nitrogens with zero attached hydrogens (tertiary/aromatic N) is 2. The Morgan fingerprint density at radius 1 is 0.956 bits per heavy atom. The fourth-order valence-electron chi connectivity index (χ4n) is 6.44. The number of hydrogen-bond acceptors (Lipinski definition) is 5. The third-order valence-corrected chi connectivity index (χ3v) is 9.50. The van der Waals surface area contributed by atoms with Crippen LogP contribution >= 0.6 is 11.6 Å². The summed E-state index contributed by atoms with van der Waals surface area (Å²) in [6.07, 6.45) is 1.39. The molecule has 2 atom stereocenters. The van der Waals surface area contributed by atoms with Crippen molar-refractivity contribution in [2.45, 2.75) is 64.7 Å². The molecule has 2 fully saturated rings. The first-order chi connectivity index (χ1) is 21.7. The Morgan fingerprint density at radius 2 is 1.67 bits per heavy atom. The van der Waals surface area contributed by atoms with E-state index in [9.17, 15) is 14.7 Å². The van der Waals surface area contributed by atoms with Gasteiger partial charge in [0.1, 0.15) is 24.7 Å². The molecule has 2 heterocycles. The highest BCUT2D eigenvalue weighted by molar-refractivity contribution is 6.32. The van der Waals surface area contributed by atoms with Crippen LogP contribution in [0.1, 0.15) is 47.1 Å². The monoisotopic (exact) mass is 629 g/mol. The lowest BCUT2D eigenvalue weighted by Gasteiger charge is -2.47. The number of ether oxygens (including phenoxy) is 2. The number of fused-ring (bicyclic) bond motifs is 2. The Balaban J connectivity index is 1.24. The number of halogens is 1. The number of rotatable bonds is 10. The Kier molecular flexibility index (Phi) is 9.06. The molecule has 0 spiro atoms. The van der Waals surface area contributed by atoms with Gasteiger partial charge in [-0.15, -0.1) is 0 Å². The van der Waals surface area contributed by atoms with Gasteiger partial charge in [-0.2, -0.15) is 0 Å². The lowest BCUT2D eigenvalue weighted by molar-refractivity contribution is -0.129. The summed E-state index contributed by atoms with van der Waals surface area (Å²) in [6.45, 7) is 8.24. The van der Waals surface area contributed by atoms with Crippen LogP contribution in [0.15, 0.2) is 66.2 Å². The number of carbonyl (C=O) groups is 2. The van der Waals surface area contributed by atoms with Gasteiger partial charge in [0.25, 0.3) is 5.91 Å². The van der Waals surface area contributed by atoms with Crippen LogP contribution in [-0.4, -0.2) is 71.3 Å². The van der Waals surface area contributed by atoms with Crippen LogP contribution in [0.2, 0.25) is 5.02 Å². The van der Waals surface area contributed by atoms with Crippen molar-refractivity contribution in [2.75, 3.05) is 26.3 Å². The number of benzene rings is 3. The van der Waals surface area contributed by atoms with E-state index in [1.165, 1.54) is 4.90 Å². The Labute approximate surface area is 269 Å². The predicted octanol–water partition coefficient (Wildman–Crippen LogP) is 6.39. The molecule has 9 heteroatoms. The first kappa shape index (κ1) is 31.0. The minimum atomic E-state index is -0.985. The molecule has 2 amide bonds. The van der Waals surface area contributed by atoms with Gasteiger partial charge in [-0.1, -0.05) is 48.0 Å². The molecule has 6 rings (SSSR count). The molecular formula is C36H40ClN3O5. The van der Waals surface area contributed by atoms with Crippen molar-refractivity contribution in [3.05, 3.63) is 99.1 Å². The molecule has 8 nitrogen and oxygen atoms in total. The van der Waals surface area contributed by atoms with Crippen molar-refractivity contribution in [1.29, 1.82) is 0 Å². The van der Waals surface area contributed by atoms with Crippen molar-refractivity contribution in [3.63, 3.8) is 0 Å². The number of piperazine rings is 1. The van der Waals surface area contributed by atoms with Crippen molar-refractivity contribution in [3.8, 4) is 11.5 Å². The van der Waals surface area contributed by atoms with E-state index in [-0.39, 0.29) is 18.0 Å². The summed E-state index contributed by atoms with van der Waals surface area (Å²) < 4.78 is 11.8. The molecule has 1 saturated carbocycles. The number of hydrogen-bond donors (Lipinski definition) is 2. The summed E-state index contributed by atoms with van der Waals surface area (Å²) in [5.74, 6) is 1.25. The molecule has 3 aliphatic rings. The topological polar surface area (TPSA) is 91.3 Å². The van der Waals surface area contributed by atoms with Gasteiger partial charge in [-0.25, -0.2) is 4.79 Å². The van der Waals surface area contributed by atoms with E-state index in [0.29, 0.717) is 61.4 Å². The van der Waals surface area contributed by atoms with Crippen LogP contribution in [0.25, 0.3) is 5.57 Å². The average molecular weight is 630 g/mol. The van der Waals surface area contributed by atoms with Gasteiger partial charge in [0.05, 0.1) is 17.1 Å². The lowest BCUT2D eigenvalue weighted by atomic mass is 9.82. The lowest BCUT2D eigenvalue weighted by Crippen LogP contribution is -2.63. The van der Waals surface area contributed by atoms with Crippen molar-refractivity contribution < 1.29 is 24.2 Å². The molecule has 2 N–H and O–H groups in total. The van der Waals surface area contributed by atoms with Crippen molar-refractivity contribution in [1.82, 2.24) is 15.1 Å². The van der Waals surface area contributed by atoms with E-state index in [1.54, 1.807) is 0 Å². The van der Waals surface area contributed by atoms with E-state index in [1.807, 2.05) is 67.3 Å². The maximum absolute atomic E-state index is 14.5. The van der Waals surface area contributed by atoms with Gasteiger partial charge in [0, 0.05) is 31.2 Å². The summed E-state index contributed by atoms with van der Waals surface area (Å²) >= 11 is 6.33. The third-order valence-electron chi connectivity index (χ3n) is 9.21. The fourth-order valence-corrected chi connectivity index (χ4v) is 6.71. The van der Waals surface area contributed by atoms with Gasteiger partial charge in [0.15, 0.2) is 0 Å². The Hall–Kier alpha value is -4.01. The molecule has 1 aliphatic carbocycles. The van der Waals surface area contributed by atoms with Crippen LogP contribution in [0, 0.1) is 20.8 Å². The highest BCUT2D eigenvalue weighted by atomic mass is 35.5. The number of carboxylic acid groups (broad SMARTS) is 1. The van der Waals surface area contributed by atoms with Crippen LogP contribution < -0.4 is 14.8 Å². The molecule has 0 aromatic heterocycles. The minimum absolute atomic E-state index is 0.0726. The number of carbonyl (C=O) groups excluding carboxylic acids is 1. The van der Waals surface area contributed by atoms with E-state index in [4.69, 9.17) is 21.1 Å². The second kappa shape index (κ2) is 13.2. The highest BCUT2D eigenvalue weighted by Crippen LogP contribution is 2.40.